The highest BCUT2D eigenvalue weighted by molar-refractivity contribution is 5.10. The van der Waals surface area contributed by atoms with Crippen LogP contribution in [0.1, 0.15) is 47.0 Å². The van der Waals surface area contributed by atoms with Crippen LogP contribution < -0.4 is 0 Å². The molecule has 0 heterocycles. The highest BCUT2D eigenvalue weighted by Gasteiger charge is 2.48. The van der Waals surface area contributed by atoms with Crippen LogP contribution in [-0.2, 0) is 4.74 Å². The van der Waals surface area contributed by atoms with Gasteiger partial charge in [-0.2, -0.15) is 5.26 Å². The van der Waals surface area contributed by atoms with Crippen LogP contribution in [0, 0.1) is 22.2 Å². The van der Waals surface area contributed by atoms with E-state index in [0.717, 1.165) is 19.3 Å². The minimum Gasteiger partial charge on any atom is -0.363 e. The van der Waals surface area contributed by atoms with Gasteiger partial charge in [-0.3, -0.25) is 0 Å². The Balaban J connectivity index is 2.97. The summed E-state index contributed by atoms with van der Waals surface area (Å²) in [5.41, 5.74) is -0.160. The van der Waals surface area contributed by atoms with Gasteiger partial charge in [-0.1, -0.05) is 27.7 Å². The number of rotatable bonds is 1. The van der Waals surface area contributed by atoms with E-state index in [-0.39, 0.29) is 10.8 Å². The molecule has 2 heteroatoms. The van der Waals surface area contributed by atoms with Crippen molar-refractivity contribution < 1.29 is 4.74 Å². The Morgan fingerprint density at radius 3 is 1.71 bits per heavy atom. The third-order valence-corrected chi connectivity index (χ3v) is 3.08. The molecule has 1 aliphatic rings. The van der Waals surface area contributed by atoms with Crippen LogP contribution in [0.5, 0.6) is 0 Å². The summed E-state index contributed by atoms with van der Waals surface area (Å²) in [7, 11) is 1.65. The maximum absolute atomic E-state index is 9.23. The van der Waals surface area contributed by atoms with Crippen molar-refractivity contribution in [2.24, 2.45) is 10.8 Å². The monoisotopic (exact) mass is 195 g/mol. The molecule has 1 aliphatic carbocycles. The number of methoxy groups -OCH3 is 1. The summed E-state index contributed by atoms with van der Waals surface area (Å²) in [4.78, 5) is 0. The smallest absolute Gasteiger partial charge is 0.154 e. The summed E-state index contributed by atoms with van der Waals surface area (Å²) >= 11 is 0. The van der Waals surface area contributed by atoms with Crippen molar-refractivity contribution in [2.45, 2.75) is 52.6 Å². The molecule has 0 aromatic rings. The van der Waals surface area contributed by atoms with E-state index in [0.29, 0.717) is 0 Å². The Bertz CT molecular complexity index is 244. The second kappa shape index (κ2) is 3.24. The average molecular weight is 195 g/mol. The molecule has 0 amide bonds. The molecule has 0 bridgehead atoms. The van der Waals surface area contributed by atoms with Crippen molar-refractivity contribution in [3.63, 3.8) is 0 Å². The zero-order valence-electron chi connectivity index (χ0n) is 9.98. The molecule has 0 radical (unpaired) electrons. The van der Waals surface area contributed by atoms with Crippen LogP contribution in [0.2, 0.25) is 0 Å². The van der Waals surface area contributed by atoms with Crippen LogP contribution in [-0.4, -0.2) is 12.7 Å². The minimum atomic E-state index is -0.564. The summed E-state index contributed by atoms with van der Waals surface area (Å²) in [5.74, 6) is 0. The van der Waals surface area contributed by atoms with E-state index in [1.165, 1.54) is 0 Å². The molecule has 0 spiro atoms. The highest BCUT2D eigenvalue weighted by Crippen LogP contribution is 2.50. The molecule has 1 fully saturated rings. The Morgan fingerprint density at radius 1 is 1.00 bits per heavy atom. The van der Waals surface area contributed by atoms with E-state index in [2.05, 4.69) is 33.8 Å². The summed E-state index contributed by atoms with van der Waals surface area (Å²) in [6.45, 7) is 8.88. The van der Waals surface area contributed by atoms with Gasteiger partial charge in [0, 0.05) is 7.11 Å². The van der Waals surface area contributed by atoms with Crippen LogP contribution in [0.4, 0.5) is 0 Å². The first-order valence-corrected chi connectivity index (χ1v) is 5.21. The summed E-state index contributed by atoms with van der Waals surface area (Å²) in [6.07, 6.45) is 2.85. The lowest BCUT2D eigenvalue weighted by molar-refractivity contribution is -0.0741. The standard InChI is InChI=1S/C12H21NO/c1-10(2)6-11(3,4)8-12(7-10,9-13)14-5/h6-8H2,1-5H3. The molecule has 0 unspecified atom stereocenters. The first-order valence-electron chi connectivity index (χ1n) is 5.21. The Morgan fingerprint density at radius 2 is 1.43 bits per heavy atom. The Labute approximate surface area is 87.3 Å². The first-order chi connectivity index (χ1) is 6.24. The molecule has 0 aromatic heterocycles. The third-order valence-electron chi connectivity index (χ3n) is 3.08. The highest BCUT2D eigenvalue weighted by atomic mass is 16.5. The van der Waals surface area contributed by atoms with Crippen molar-refractivity contribution >= 4 is 0 Å². The molecule has 2 nitrogen and oxygen atoms in total. The second-order valence-electron chi connectivity index (χ2n) is 6.17. The van der Waals surface area contributed by atoms with Crippen LogP contribution in [0.25, 0.3) is 0 Å². The van der Waals surface area contributed by atoms with Crippen molar-refractivity contribution in [1.82, 2.24) is 0 Å². The van der Waals surface area contributed by atoms with Gasteiger partial charge in [-0.05, 0) is 30.1 Å². The predicted octanol–water partition coefficient (Wildman–Crippen LogP) is 3.13. The van der Waals surface area contributed by atoms with Crippen LogP contribution >= 0.6 is 0 Å². The molecule has 0 saturated heterocycles. The molecule has 0 aliphatic heterocycles. The van der Waals surface area contributed by atoms with Crippen molar-refractivity contribution in [3.05, 3.63) is 0 Å². The number of nitriles is 1. The molecular weight excluding hydrogens is 174 g/mol. The zero-order valence-corrected chi connectivity index (χ0v) is 9.98. The van der Waals surface area contributed by atoms with Crippen LogP contribution in [0.3, 0.4) is 0 Å². The van der Waals surface area contributed by atoms with Gasteiger partial charge in [-0.25, -0.2) is 0 Å². The topological polar surface area (TPSA) is 33.0 Å². The quantitative estimate of drug-likeness (QED) is 0.644. The number of ether oxygens (including phenoxy) is 1. The zero-order chi connectivity index (χ0) is 11.0. The summed E-state index contributed by atoms with van der Waals surface area (Å²) in [5, 5.41) is 9.23. The lowest BCUT2D eigenvalue weighted by atomic mass is 9.60. The van der Waals surface area contributed by atoms with Gasteiger partial charge in [0.15, 0.2) is 5.60 Å². The van der Waals surface area contributed by atoms with Crippen molar-refractivity contribution in [1.29, 1.82) is 5.26 Å². The van der Waals surface area contributed by atoms with Gasteiger partial charge in [0.05, 0.1) is 6.07 Å². The largest absolute Gasteiger partial charge is 0.363 e. The van der Waals surface area contributed by atoms with Gasteiger partial charge in [-0.15, -0.1) is 0 Å². The van der Waals surface area contributed by atoms with Crippen molar-refractivity contribution in [3.8, 4) is 6.07 Å². The normalized spacial score (nSPS) is 28.0. The lowest BCUT2D eigenvalue weighted by Gasteiger charge is -2.48. The number of nitrogens with zero attached hydrogens (tertiary/aromatic N) is 1. The number of hydrogen-bond acceptors (Lipinski definition) is 2. The Kier molecular flexibility index (Phi) is 2.67. The van der Waals surface area contributed by atoms with E-state index in [4.69, 9.17) is 4.74 Å². The Hall–Kier alpha value is -0.550. The summed E-state index contributed by atoms with van der Waals surface area (Å²) < 4.78 is 5.44. The van der Waals surface area contributed by atoms with E-state index in [1.54, 1.807) is 7.11 Å². The number of hydrogen-bond donors (Lipinski definition) is 0. The molecule has 1 saturated carbocycles. The van der Waals surface area contributed by atoms with Gasteiger partial charge in [0.2, 0.25) is 0 Å². The van der Waals surface area contributed by atoms with Crippen molar-refractivity contribution in [2.75, 3.05) is 7.11 Å². The van der Waals surface area contributed by atoms with E-state index in [9.17, 15) is 5.26 Å². The summed E-state index contributed by atoms with van der Waals surface area (Å²) in [6, 6.07) is 2.36. The first kappa shape index (κ1) is 11.5. The molecule has 1 rings (SSSR count). The molecule has 0 N–H and O–H groups in total. The average Bonchev–Trinajstić information content (AvgIpc) is 1.98. The van der Waals surface area contributed by atoms with Gasteiger partial charge >= 0.3 is 0 Å². The molecule has 14 heavy (non-hydrogen) atoms. The fourth-order valence-corrected chi connectivity index (χ4v) is 3.30. The van der Waals surface area contributed by atoms with Gasteiger partial charge < -0.3 is 4.74 Å². The molecular formula is C12H21NO. The fourth-order valence-electron chi connectivity index (χ4n) is 3.30. The van der Waals surface area contributed by atoms with E-state index >= 15 is 0 Å². The van der Waals surface area contributed by atoms with Crippen LogP contribution in [0.15, 0.2) is 0 Å². The van der Waals surface area contributed by atoms with Gasteiger partial charge in [0.25, 0.3) is 0 Å². The van der Waals surface area contributed by atoms with Gasteiger partial charge in [0.1, 0.15) is 0 Å². The molecule has 0 aromatic carbocycles. The third kappa shape index (κ3) is 2.27. The molecule has 0 atom stereocenters. The van der Waals surface area contributed by atoms with E-state index in [1.807, 2.05) is 0 Å². The minimum absolute atomic E-state index is 0.202. The predicted molar refractivity (Wildman–Crippen MR) is 56.8 cm³/mol. The maximum Gasteiger partial charge on any atom is 0.154 e. The lowest BCUT2D eigenvalue weighted by Crippen LogP contribution is -2.46. The maximum atomic E-state index is 9.23. The molecule has 80 valence electrons. The fraction of sp³-hybridized carbons (Fsp3) is 0.917. The second-order valence-corrected chi connectivity index (χ2v) is 6.17. The SMILES string of the molecule is COC1(C#N)CC(C)(C)CC(C)(C)C1. The van der Waals surface area contributed by atoms with E-state index < -0.39 is 5.60 Å².